The smallest absolute Gasteiger partial charge is 0.262 e. The van der Waals surface area contributed by atoms with Crippen LogP contribution in [0.15, 0.2) is 6.33 Å². The van der Waals surface area contributed by atoms with Gasteiger partial charge in [-0.25, -0.2) is 4.98 Å². The molecule has 0 aliphatic heterocycles. The molecule has 0 fully saturated rings. The first-order valence-electron chi connectivity index (χ1n) is 6.06. The van der Waals surface area contributed by atoms with E-state index in [1.807, 2.05) is 20.8 Å². The Morgan fingerprint density at radius 2 is 2.06 bits per heavy atom. The fourth-order valence-corrected chi connectivity index (χ4v) is 1.36. The molecule has 1 rings (SSSR count). The average Bonchev–Trinajstić information content (AvgIpc) is 2.35. The molecule has 6 nitrogen and oxygen atoms in total. The van der Waals surface area contributed by atoms with Gasteiger partial charge in [0.1, 0.15) is 12.9 Å². The molecule has 0 radical (unpaired) electrons. The van der Waals surface area contributed by atoms with Crippen molar-refractivity contribution in [3.63, 3.8) is 0 Å². The predicted molar refractivity (Wildman–Crippen MR) is 69.3 cm³/mol. The molecule has 0 aromatic carbocycles. The highest BCUT2D eigenvalue weighted by atomic mass is 16.5. The van der Waals surface area contributed by atoms with E-state index >= 15 is 0 Å². The van der Waals surface area contributed by atoms with E-state index in [-0.39, 0.29) is 6.10 Å². The average molecular weight is 255 g/mol. The van der Waals surface area contributed by atoms with Crippen molar-refractivity contribution < 1.29 is 14.2 Å². The molecule has 0 amide bonds. The first-order chi connectivity index (χ1) is 8.69. The topological polar surface area (TPSA) is 65.5 Å². The molecule has 0 saturated carbocycles. The lowest BCUT2D eigenvalue weighted by Crippen LogP contribution is -2.13. The van der Waals surface area contributed by atoms with Crippen LogP contribution in [0.4, 0.5) is 5.82 Å². The minimum atomic E-state index is 0.193. The number of rotatable bonds is 8. The van der Waals surface area contributed by atoms with Crippen molar-refractivity contribution in [2.24, 2.45) is 0 Å². The van der Waals surface area contributed by atoms with Crippen molar-refractivity contribution in [3.05, 3.63) is 6.33 Å². The summed E-state index contributed by atoms with van der Waals surface area (Å²) in [7, 11) is 1.57. The number of anilines is 1. The van der Waals surface area contributed by atoms with Crippen LogP contribution in [0.2, 0.25) is 0 Å². The van der Waals surface area contributed by atoms with Crippen molar-refractivity contribution in [3.8, 4) is 11.6 Å². The third-order valence-electron chi connectivity index (χ3n) is 2.09. The van der Waals surface area contributed by atoms with Crippen molar-refractivity contribution in [1.82, 2.24) is 9.97 Å². The van der Waals surface area contributed by atoms with Crippen LogP contribution in [-0.4, -0.2) is 42.9 Å². The van der Waals surface area contributed by atoms with E-state index in [4.69, 9.17) is 14.2 Å². The Kier molecular flexibility index (Phi) is 6.21. The monoisotopic (exact) mass is 255 g/mol. The van der Waals surface area contributed by atoms with E-state index in [0.717, 1.165) is 6.54 Å². The van der Waals surface area contributed by atoms with E-state index < -0.39 is 0 Å². The van der Waals surface area contributed by atoms with Gasteiger partial charge in [0.25, 0.3) is 5.88 Å². The predicted octanol–water partition coefficient (Wildman–Crippen LogP) is 1.72. The van der Waals surface area contributed by atoms with Crippen molar-refractivity contribution in [2.45, 2.75) is 26.9 Å². The first-order valence-corrected chi connectivity index (χ1v) is 6.06. The Hall–Kier alpha value is -1.56. The van der Waals surface area contributed by atoms with E-state index in [2.05, 4.69) is 15.3 Å². The SMILES string of the molecule is CCNc1ncnc(OCCOC(C)C)c1OC. The lowest BCUT2D eigenvalue weighted by molar-refractivity contribution is 0.0536. The van der Waals surface area contributed by atoms with E-state index in [1.165, 1.54) is 6.33 Å². The Morgan fingerprint density at radius 1 is 1.28 bits per heavy atom. The second-order valence-electron chi connectivity index (χ2n) is 3.86. The Morgan fingerprint density at radius 3 is 2.67 bits per heavy atom. The molecule has 1 aromatic heterocycles. The molecule has 0 saturated heterocycles. The molecule has 0 unspecified atom stereocenters. The number of ether oxygens (including phenoxy) is 3. The number of methoxy groups -OCH3 is 1. The molecule has 102 valence electrons. The van der Waals surface area contributed by atoms with Gasteiger partial charge in [-0.1, -0.05) is 0 Å². The molecule has 1 N–H and O–H groups in total. The Balaban J connectivity index is 2.61. The van der Waals surface area contributed by atoms with Crippen LogP contribution < -0.4 is 14.8 Å². The zero-order valence-corrected chi connectivity index (χ0v) is 11.4. The zero-order valence-electron chi connectivity index (χ0n) is 11.4. The van der Waals surface area contributed by atoms with Gasteiger partial charge in [-0.3, -0.25) is 0 Å². The maximum atomic E-state index is 5.52. The summed E-state index contributed by atoms with van der Waals surface area (Å²) in [5.74, 6) is 1.58. The molecule has 1 heterocycles. The zero-order chi connectivity index (χ0) is 13.4. The fourth-order valence-electron chi connectivity index (χ4n) is 1.36. The van der Waals surface area contributed by atoms with Gasteiger partial charge >= 0.3 is 0 Å². The molecule has 0 atom stereocenters. The third kappa shape index (κ3) is 4.37. The maximum absolute atomic E-state index is 5.52. The summed E-state index contributed by atoms with van der Waals surface area (Å²) in [5.41, 5.74) is 0. The minimum absolute atomic E-state index is 0.193. The van der Waals surface area contributed by atoms with Gasteiger partial charge in [0.2, 0.25) is 5.75 Å². The summed E-state index contributed by atoms with van der Waals surface area (Å²) in [6.07, 6.45) is 1.64. The van der Waals surface area contributed by atoms with Crippen LogP contribution in [-0.2, 0) is 4.74 Å². The molecule has 1 aromatic rings. The fraction of sp³-hybridized carbons (Fsp3) is 0.667. The van der Waals surface area contributed by atoms with Crippen molar-refractivity contribution in [1.29, 1.82) is 0 Å². The normalized spacial score (nSPS) is 10.5. The van der Waals surface area contributed by atoms with Crippen molar-refractivity contribution >= 4 is 5.82 Å². The summed E-state index contributed by atoms with van der Waals surface area (Å²) in [4.78, 5) is 8.15. The minimum Gasteiger partial charge on any atom is -0.489 e. The summed E-state index contributed by atoms with van der Waals surface area (Å²) in [5, 5.41) is 3.09. The van der Waals surface area contributed by atoms with Gasteiger partial charge < -0.3 is 19.5 Å². The highest BCUT2D eigenvalue weighted by Gasteiger charge is 2.12. The van der Waals surface area contributed by atoms with Crippen LogP contribution in [0.25, 0.3) is 0 Å². The van der Waals surface area contributed by atoms with Crippen LogP contribution in [0.5, 0.6) is 11.6 Å². The lowest BCUT2D eigenvalue weighted by Gasteiger charge is -2.13. The lowest BCUT2D eigenvalue weighted by atomic mass is 10.4. The highest BCUT2D eigenvalue weighted by Crippen LogP contribution is 2.30. The van der Waals surface area contributed by atoms with Gasteiger partial charge in [-0.2, -0.15) is 4.98 Å². The van der Waals surface area contributed by atoms with Gasteiger partial charge in [-0.05, 0) is 20.8 Å². The largest absolute Gasteiger partial charge is 0.489 e. The molecule has 6 heteroatoms. The van der Waals surface area contributed by atoms with Gasteiger partial charge in [0.15, 0.2) is 5.82 Å². The number of hydrogen-bond acceptors (Lipinski definition) is 6. The summed E-state index contributed by atoms with van der Waals surface area (Å²) >= 11 is 0. The maximum Gasteiger partial charge on any atom is 0.262 e. The van der Waals surface area contributed by atoms with E-state index in [1.54, 1.807) is 7.11 Å². The summed E-state index contributed by atoms with van der Waals surface area (Å²) in [6, 6.07) is 0. The summed E-state index contributed by atoms with van der Waals surface area (Å²) in [6.45, 7) is 7.64. The number of hydrogen-bond donors (Lipinski definition) is 1. The van der Waals surface area contributed by atoms with Crippen LogP contribution in [0.3, 0.4) is 0 Å². The second-order valence-corrected chi connectivity index (χ2v) is 3.86. The first kappa shape index (κ1) is 14.5. The van der Waals surface area contributed by atoms with E-state index in [9.17, 15) is 0 Å². The number of aromatic nitrogens is 2. The molecule has 0 aliphatic carbocycles. The van der Waals surface area contributed by atoms with Crippen LogP contribution >= 0.6 is 0 Å². The standard InChI is InChI=1S/C12H21N3O3/c1-5-13-11-10(16-4)12(15-8-14-11)18-7-6-17-9(2)3/h8-9H,5-7H2,1-4H3,(H,13,14,15). The quantitative estimate of drug-likeness (QED) is 0.713. The Bertz CT molecular complexity index is 358. The van der Waals surface area contributed by atoms with E-state index in [0.29, 0.717) is 30.7 Å². The third-order valence-corrected chi connectivity index (χ3v) is 2.09. The molecule has 0 spiro atoms. The van der Waals surface area contributed by atoms with Crippen LogP contribution in [0, 0.1) is 0 Å². The second kappa shape index (κ2) is 7.71. The number of nitrogens with zero attached hydrogens (tertiary/aromatic N) is 2. The molecular formula is C12H21N3O3. The Labute approximate surface area is 108 Å². The van der Waals surface area contributed by atoms with Crippen molar-refractivity contribution in [2.75, 3.05) is 32.2 Å². The molecule has 0 bridgehead atoms. The highest BCUT2D eigenvalue weighted by molar-refractivity contribution is 5.54. The van der Waals surface area contributed by atoms with Gasteiger partial charge in [-0.15, -0.1) is 0 Å². The molecule has 18 heavy (non-hydrogen) atoms. The van der Waals surface area contributed by atoms with Crippen LogP contribution in [0.1, 0.15) is 20.8 Å². The summed E-state index contributed by atoms with van der Waals surface area (Å²) < 4.78 is 16.2. The molecular weight excluding hydrogens is 234 g/mol. The van der Waals surface area contributed by atoms with Gasteiger partial charge in [0.05, 0.1) is 19.8 Å². The molecule has 0 aliphatic rings. The number of nitrogens with one attached hydrogen (secondary N) is 1. The van der Waals surface area contributed by atoms with Gasteiger partial charge in [0, 0.05) is 6.54 Å².